The summed E-state index contributed by atoms with van der Waals surface area (Å²) in [6, 6.07) is 0. The molecule has 0 unspecified atom stereocenters. The van der Waals surface area contributed by atoms with Crippen LogP contribution in [0, 0.1) is 11.8 Å². The lowest BCUT2D eigenvalue weighted by Gasteiger charge is -2.49. The number of hydrogen-bond acceptors (Lipinski definition) is 3. The maximum atomic E-state index is 11.5. The molecule has 15 heavy (non-hydrogen) atoms. The van der Waals surface area contributed by atoms with Crippen LogP contribution in [0.2, 0.25) is 0 Å². The van der Waals surface area contributed by atoms with Gasteiger partial charge in [0.25, 0.3) is 0 Å². The van der Waals surface area contributed by atoms with E-state index in [1.165, 1.54) is 0 Å². The highest BCUT2D eigenvalue weighted by molar-refractivity contribution is 5.71. The second kappa shape index (κ2) is 3.21. The molecule has 2 rings (SSSR count). The van der Waals surface area contributed by atoms with Gasteiger partial charge in [-0.2, -0.15) is 0 Å². The molecule has 0 spiro atoms. The molecule has 3 atom stereocenters. The van der Waals surface area contributed by atoms with E-state index in [0.717, 1.165) is 19.3 Å². The van der Waals surface area contributed by atoms with Gasteiger partial charge in [-0.3, -0.25) is 4.79 Å². The Hall–Kier alpha value is -0.570. The molecular weight excluding hydrogens is 192 g/mol. The summed E-state index contributed by atoms with van der Waals surface area (Å²) >= 11 is 0. The molecule has 86 valence electrons. The van der Waals surface area contributed by atoms with Gasteiger partial charge < -0.3 is 9.84 Å². The molecule has 1 saturated carbocycles. The molecule has 0 aromatic carbocycles. The summed E-state index contributed by atoms with van der Waals surface area (Å²) < 4.78 is 5.39. The largest absolute Gasteiger partial charge is 0.459 e. The molecule has 0 radical (unpaired) electrons. The van der Waals surface area contributed by atoms with E-state index in [1.54, 1.807) is 0 Å². The number of esters is 1. The van der Waals surface area contributed by atoms with Crippen molar-refractivity contribution in [1.29, 1.82) is 0 Å². The number of ether oxygens (including phenoxy) is 1. The van der Waals surface area contributed by atoms with Gasteiger partial charge in [0.1, 0.15) is 5.60 Å². The molecule has 2 fully saturated rings. The highest BCUT2D eigenvalue weighted by atomic mass is 16.6. The van der Waals surface area contributed by atoms with Crippen molar-refractivity contribution in [3.8, 4) is 0 Å². The van der Waals surface area contributed by atoms with Crippen LogP contribution in [0.1, 0.15) is 46.5 Å². The molecule has 1 N–H and O–H groups in total. The Bertz CT molecular complexity index is 279. The summed E-state index contributed by atoms with van der Waals surface area (Å²) in [4.78, 5) is 11.5. The van der Waals surface area contributed by atoms with Gasteiger partial charge in [-0.25, -0.2) is 0 Å². The molecule has 1 heterocycles. The number of carbonyl (C=O) groups is 1. The average molecular weight is 212 g/mol. The van der Waals surface area contributed by atoms with Gasteiger partial charge in [0.05, 0.1) is 5.60 Å². The molecular formula is C12H20O3. The fourth-order valence-corrected chi connectivity index (χ4v) is 3.26. The van der Waals surface area contributed by atoms with Crippen molar-refractivity contribution in [3.05, 3.63) is 0 Å². The summed E-state index contributed by atoms with van der Waals surface area (Å²) in [5.74, 6) is 0.436. The van der Waals surface area contributed by atoms with Crippen LogP contribution >= 0.6 is 0 Å². The van der Waals surface area contributed by atoms with Crippen molar-refractivity contribution in [2.75, 3.05) is 0 Å². The quantitative estimate of drug-likeness (QED) is 0.675. The second-order valence-electron chi connectivity index (χ2n) is 5.89. The first-order chi connectivity index (χ1) is 6.80. The number of fused-ring (bicyclic) bond motifs is 2. The van der Waals surface area contributed by atoms with Crippen LogP contribution in [0.25, 0.3) is 0 Å². The smallest absolute Gasteiger partial charge is 0.306 e. The van der Waals surface area contributed by atoms with E-state index in [2.05, 4.69) is 0 Å². The van der Waals surface area contributed by atoms with E-state index in [-0.39, 0.29) is 17.5 Å². The number of aliphatic hydroxyl groups is 1. The van der Waals surface area contributed by atoms with E-state index >= 15 is 0 Å². The lowest BCUT2D eigenvalue weighted by Crippen LogP contribution is -2.51. The SMILES string of the molecule is CC(C)(O)[C@@H]1CC[C@]2(C)C[C@H]1CC(=O)O2. The average Bonchev–Trinajstić information content (AvgIpc) is 1.97. The van der Waals surface area contributed by atoms with Crippen LogP contribution in [0.4, 0.5) is 0 Å². The van der Waals surface area contributed by atoms with Crippen molar-refractivity contribution in [3.63, 3.8) is 0 Å². The zero-order valence-electron chi connectivity index (χ0n) is 9.75. The van der Waals surface area contributed by atoms with Gasteiger partial charge in [0, 0.05) is 6.42 Å². The summed E-state index contributed by atoms with van der Waals surface area (Å²) in [5.41, 5.74) is -0.939. The Morgan fingerprint density at radius 2 is 2.20 bits per heavy atom. The fraction of sp³-hybridized carbons (Fsp3) is 0.917. The van der Waals surface area contributed by atoms with Gasteiger partial charge in [-0.15, -0.1) is 0 Å². The third kappa shape index (κ3) is 2.03. The Morgan fingerprint density at radius 1 is 1.53 bits per heavy atom. The van der Waals surface area contributed by atoms with Crippen molar-refractivity contribution in [2.24, 2.45) is 11.8 Å². The fourth-order valence-electron chi connectivity index (χ4n) is 3.26. The van der Waals surface area contributed by atoms with E-state index in [0.29, 0.717) is 12.3 Å². The van der Waals surface area contributed by atoms with Crippen molar-refractivity contribution >= 4 is 5.97 Å². The molecule has 1 aliphatic heterocycles. The van der Waals surface area contributed by atoms with Crippen LogP contribution in [0.15, 0.2) is 0 Å². The minimum atomic E-state index is -0.677. The third-order valence-corrected chi connectivity index (χ3v) is 3.94. The van der Waals surface area contributed by atoms with Crippen LogP contribution in [0.3, 0.4) is 0 Å². The van der Waals surface area contributed by atoms with Crippen molar-refractivity contribution in [1.82, 2.24) is 0 Å². The first-order valence-electron chi connectivity index (χ1n) is 5.74. The van der Waals surface area contributed by atoms with E-state index in [1.807, 2.05) is 20.8 Å². The minimum Gasteiger partial charge on any atom is -0.459 e. The van der Waals surface area contributed by atoms with Gasteiger partial charge in [0.15, 0.2) is 0 Å². The molecule has 1 saturated heterocycles. The zero-order valence-corrected chi connectivity index (χ0v) is 9.75. The van der Waals surface area contributed by atoms with Crippen LogP contribution < -0.4 is 0 Å². The first-order valence-corrected chi connectivity index (χ1v) is 5.74. The first kappa shape index (κ1) is 10.9. The molecule has 2 aliphatic rings. The van der Waals surface area contributed by atoms with Crippen LogP contribution in [-0.4, -0.2) is 22.3 Å². The lowest BCUT2D eigenvalue weighted by molar-refractivity contribution is -0.185. The Balaban J connectivity index is 2.19. The van der Waals surface area contributed by atoms with Gasteiger partial charge in [-0.05, 0) is 51.9 Å². The molecule has 3 nitrogen and oxygen atoms in total. The Kier molecular flexibility index (Phi) is 2.34. The van der Waals surface area contributed by atoms with E-state index in [4.69, 9.17) is 4.74 Å². The normalized spacial score (nSPS) is 41.2. The highest BCUT2D eigenvalue weighted by Gasteiger charge is 2.48. The predicted octanol–water partition coefficient (Wildman–Crippen LogP) is 1.88. The van der Waals surface area contributed by atoms with Crippen molar-refractivity contribution in [2.45, 2.75) is 57.7 Å². The Labute approximate surface area is 90.8 Å². The topological polar surface area (TPSA) is 46.5 Å². The molecule has 0 aromatic rings. The number of carbonyl (C=O) groups excluding carboxylic acids is 1. The number of hydrogen-bond donors (Lipinski definition) is 1. The summed E-state index contributed by atoms with van der Waals surface area (Å²) in [6.07, 6.45) is 3.22. The zero-order chi connectivity index (χ0) is 11.3. The standard InChI is InChI=1S/C12H20O3/c1-11(2,14)9-4-5-12(3)7-8(9)6-10(13)15-12/h8-9,14H,4-7H2,1-3H3/t8-,9-,12-/m1/s1. The molecule has 3 heteroatoms. The van der Waals surface area contributed by atoms with E-state index < -0.39 is 5.60 Å². The van der Waals surface area contributed by atoms with Gasteiger partial charge >= 0.3 is 5.97 Å². The molecule has 1 aliphatic carbocycles. The lowest BCUT2D eigenvalue weighted by atomic mass is 9.64. The predicted molar refractivity (Wildman–Crippen MR) is 56.2 cm³/mol. The monoisotopic (exact) mass is 212 g/mol. The minimum absolute atomic E-state index is 0.0947. The van der Waals surface area contributed by atoms with Crippen molar-refractivity contribution < 1.29 is 14.6 Å². The van der Waals surface area contributed by atoms with E-state index in [9.17, 15) is 9.90 Å². The van der Waals surface area contributed by atoms with Gasteiger partial charge in [-0.1, -0.05) is 0 Å². The second-order valence-corrected chi connectivity index (χ2v) is 5.89. The maximum Gasteiger partial charge on any atom is 0.306 e. The van der Waals surface area contributed by atoms with Gasteiger partial charge in [0.2, 0.25) is 0 Å². The van der Waals surface area contributed by atoms with Crippen LogP contribution in [0.5, 0.6) is 0 Å². The third-order valence-electron chi connectivity index (χ3n) is 3.94. The molecule has 2 bridgehead atoms. The maximum absolute atomic E-state index is 11.5. The summed E-state index contributed by atoms with van der Waals surface area (Å²) in [7, 11) is 0. The molecule has 0 amide bonds. The Morgan fingerprint density at radius 3 is 2.80 bits per heavy atom. The molecule has 0 aromatic heterocycles. The summed E-state index contributed by atoms with van der Waals surface area (Å²) in [6.45, 7) is 5.71. The highest BCUT2D eigenvalue weighted by Crippen LogP contribution is 2.47. The van der Waals surface area contributed by atoms with Crippen LogP contribution in [-0.2, 0) is 9.53 Å². The summed E-state index contributed by atoms with van der Waals surface area (Å²) in [5, 5.41) is 10.1. The number of rotatable bonds is 1.